The third-order valence-electron chi connectivity index (χ3n) is 4.73. The van der Waals surface area contributed by atoms with E-state index in [4.69, 9.17) is 4.74 Å². The maximum Gasteiger partial charge on any atom is 0.419 e. The van der Waals surface area contributed by atoms with E-state index in [0.29, 0.717) is 29.0 Å². The van der Waals surface area contributed by atoms with Crippen molar-refractivity contribution in [3.63, 3.8) is 0 Å². The molecular formula is C18H22F3N3OS. The Morgan fingerprint density at radius 3 is 2.73 bits per heavy atom. The molecule has 0 saturated carbocycles. The fraction of sp³-hybridized carbons (Fsp3) is 0.500. The van der Waals surface area contributed by atoms with Gasteiger partial charge in [-0.3, -0.25) is 4.90 Å². The van der Waals surface area contributed by atoms with Crippen LogP contribution in [0, 0.1) is 0 Å². The Hall–Kier alpha value is -1.80. The van der Waals surface area contributed by atoms with Crippen molar-refractivity contribution in [2.24, 2.45) is 0 Å². The molecule has 1 aliphatic heterocycles. The van der Waals surface area contributed by atoms with Crippen LogP contribution in [-0.2, 0) is 12.7 Å². The summed E-state index contributed by atoms with van der Waals surface area (Å²) in [6.07, 6.45) is -2.18. The van der Waals surface area contributed by atoms with Gasteiger partial charge in [0.1, 0.15) is 5.75 Å². The first-order valence-electron chi connectivity index (χ1n) is 8.50. The van der Waals surface area contributed by atoms with E-state index >= 15 is 0 Å². The zero-order chi connectivity index (χ0) is 18.9. The Labute approximate surface area is 155 Å². The van der Waals surface area contributed by atoms with Gasteiger partial charge in [0.2, 0.25) is 0 Å². The highest BCUT2D eigenvalue weighted by molar-refractivity contribution is 7.16. The minimum Gasteiger partial charge on any atom is -0.496 e. The Morgan fingerprint density at radius 2 is 2.15 bits per heavy atom. The van der Waals surface area contributed by atoms with Crippen molar-refractivity contribution in [3.8, 4) is 17.0 Å². The lowest BCUT2D eigenvalue weighted by atomic mass is 10.1. The van der Waals surface area contributed by atoms with Crippen molar-refractivity contribution < 1.29 is 17.9 Å². The second-order valence-corrected chi connectivity index (χ2v) is 7.50. The third-order valence-corrected chi connectivity index (χ3v) is 5.78. The molecule has 1 N–H and O–H groups in total. The van der Waals surface area contributed by atoms with Gasteiger partial charge in [-0.05, 0) is 44.5 Å². The van der Waals surface area contributed by atoms with Crippen LogP contribution in [0.2, 0.25) is 0 Å². The van der Waals surface area contributed by atoms with Gasteiger partial charge in [-0.1, -0.05) is 0 Å². The summed E-state index contributed by atoms with van der Waals surface area (Å²) in [4.78, 5) is 7.84. The quantitative estimate of drug-likeness (QED) is 0.797. The maximum atomic E-state index is 13.4. The smallest absolute Gasteiger partial charge is 0.419 e. The number of nitrogens with one attached hydrogen (secondary N) is 1. The lowest BCUT2D eigenvalue weighted by Crippen LogP contribution is -2.25. The normalized spacial score (nSPS) is 18.3. The van der Waals surface area contributed by atoms with Crippen molar-refractivity contribution >= 4 is 16.5 Å². The summed E-state index contributed by atoms with van der Waals surface area (Å²) < 4.78 is 45.0. The second kappa shape index (κ2) is 7.44. The monoisotopic (exact) mass is 385 g/mol. The SMILES string of the molecule is CNc1nc(-c2ccc(OC)c(C(F)(F)F)c2)c(CN2CCCC2C)s1. The van der Waals surface area contributed by atoms with Crippen molar-refractivity contribution in [1.29, 1.82) is 0 Å². The molecule has 2 heterocycles. The van der Waals surface area contributed by atoms with Crippen LogP contribution in [-0.4, -0.2) is 36.6 Å². The van der Waals surface area contributed by atoms with Gasteiger partial charge in [0.05, 0.1) is 18.4 Å². The molecule has 0 radical (unpaired) electrons. The fourth-order valence-electron chi connectivity index (χ4n) is 3.28. The molecule has 4 nitrogen and oxygen atoms in total. The number of rotatable bonds is 5. The Kier molecular flexibility index (Phi) is 5.43. The molecule has 1 unspecified atom stereocenters. The number of likely N-dealkylation sites (tertiary alicyclic amines) is 1. The molecule has 2 aromatic rings. The van der Waals surface area contributed by atoms with Crippen LogP contribution in [0.5, 0.6) is 5.75 Å². The number of nitrogens with zero attached hydrogens (tertiary/aromatic N) is 2. The predicted molar refractivity (Wildman–Crippen MR) is 97.8 cm³/mol. The molecule has 1 aliphatic rings. The number of anilines is 1. The number of halogens is 3. The van der Waals surface area contributed by atoms with Gasteiger partial charge in [0.15, 0.2) is 5.13 Å². The molecule has 1 atom stereocenters. The average Bonchev–Trinajstić information content (AvgIpc) is 3.20. The molecule has 26 heavy (non-hydrogen) atoms. The minimum absolute atomic E-state index is 0.181. The summed E-state index contributed by atoms with van der Waals surface area (Å²) in [6, 6.07) is 4.60. The average molecular weight is 385 g/mol. The minimum atomic E-state index is -4.48. The van der Waals surface area contributed by atoms with Crippen molar-refractivity contribution in [2.75, 3.05) is 26.0 Å². The number of benzene rings is 1. The van der Waals surface area contributed by atoms with Crippen molar-refractivity contribution in [1.82, 2.24) is 9.88 Å². The van der Waals surface area contributed by atoms with Gasteiger partial charge in [0.25, 0.3) is 0 Å². The van der Waals surface area contributed by atoms with Gasteiger partial charge in [-0.2, -0.15) is 13.2 Å². The lowest BCUT2D eigenvalue weighted by Gasteiger charge is -2.20. The number of hydrogen-bond donors (Lipinski definition) is 1. The van der Waals surface area contributed by atoms with E-state index in [9.17, 15) is 13.2 Å². The number of thiazole rings is 1. The first kappa shape index (κ1) is 19.0. The topological polar surface area (TPSA) is 37.4 Å². The number of ether oxygens (including phenoxy) is 1. The van der Waals surface area contributed by atoms with E-state index in [0.717, 1.165) is 30.3 Å². The highest BCUT2D eigenvalue weighted by Crippen LogP contribution is 2.40. The van der Waals surface area contributed by atoms with Crippen LogP contribution >= 0.6 is 11.3 Å². The van der Waals surface area contributed by atoms with Gasteiger partial charge in [0, 0.05) is 30.1 Å². The van der Waals surface area contributed by atoms with E-state index in [1.54, 1.807) is 13.1 Å². The molecule has 142 valence electrons. The van der Waals surface area contributed by atoms with Gasteiger partial charge in [-0.25, -0.2) is 4.98 Å². The van der Waals surface area contributed by atoms with Crippen LogP contribution in [0.15, 0.2) is 18.2 Å². The summed E-state index contributed by atoms with van der Waals surface area (Å²) in [6.45, 7) is 3.88. The number of aromatic nitrogens is 1. The summed E-state index contributed by atoms with van der Waals surface area (Å²) >= 11 is 1.49. The largest absolute Gasteiger partial charge is 0.496 e. The van der Waals surface area contributed by atoms with E-state index < -0.39 is 11.7 Å². The van der Waals surface area contributed by atoms with Gasteiger partial charge < -0.3 is 10.1 Å². The van der Waals surface area contributed by atoms with Crippen LogP contribution in [0.1, 0.15) is 30.2 Å². The van der Waals surface area contributed by atoms with Crippen LogP contribution < -0.4 is 10.1 Å². The first-order valence-corrected chi connectivity index (χ1v) is 9.32. The Morgan fingerprint density at radius 1 is 1.38 bits per heavy atom. The van der Waals surface area contributed by atoms with E-state index in [-0.39, 0.29) is 5.75 Å². The second-order valence-electron chi connectivity index (χ2n) is 6.42. The molecule has 0 spiro atoms. The molecule has 1 aromatic heterocycles. The summed E-state index contributed by atoms with van der Waals surface area (Å²) in [7, 11) is 3.01. The highest BCUT2D eigenvalue weighted by Gasteiger charge is 2.35. The molecule has 1 saturated heterocycles. The number of methoxy groups -OCH3 is 1. The number of alkyl halides is 3. The maximum absolute atomic E-state index is 13.4. The highest BCUT2D eigenvalue weighted by atomic mass is 32.1. The molecule has 1 aromatic carbocycles. The van der Waals surface area contributed by atoms with Crippen LogP contribution in [0.4, 0.5) is 18.3 Å². The fourth-order valence-corrected chi connectivity index (χ4v) is 4.24. The van der Waals surface area contributed by atoms with E-state index in [1.807, 2.05) is 0 Å². The van der Waals surface area contributed by atoms with Gasteiger partial charge >= 0.3 is 6.18 Å². The van der Waals surface area contributed by atoms with Gasteiger partial charge in [-0.15, -0.1) is 11.3 Å². The number of hydrogen-bond acceptors (Lipinski definition) is 5. The standard InChI is InChI=1S/C18H22F3N3OS/c1-11-5-4-8-24(11)10-15-16(23-17(22-2)26-15)12-6-7-14(25-3)13(9-12)18(19,20)21/h6-7,9,11H,4-5,8,10H2,1-3H3,(H,22,23). The molecule has 0 aliphatic carbocycles. The predicted octanol–water partition coefficient (Wildman–Crippen LogP) is 4.86. The molecule has 1 fully saturated rings. The Balaban J connectivity index is 2.01. The van der Waals surface area contributed by atoms with Crippen LogP contribution in [0.25, 0.3) is 11.3 Å². The molecule has 3 rings (SSSR count). The molecule has 0 bridgehead atoms. The van der Waals surface area contributed by atoms with Crippen molar-refractivity contribution in [3.05, 3.63) is 28.6 Å². The molecule has 0 amide bonds. The first-order chi connectivity index (χ1) is 12.3. The summed E-state index contributed by atoms with van der Waals surface area (Å²) in [5, 5.41) is 3.70. The zero-order valence-corrected chi connectivity index (χ0v) is 15.8. The van der Waals surface area contributed by atoms with Crippen molar-refractivity contribution in [2.45, 2.75) is 38.5 Å². The summed E-state index contributed by atoms with van der Waals surface area (Å²) in [5.41, 5.74) is 0.279. The summed E-state index contributed by atoms with van der Waals surface area (Å²) in [5.74, 6) is -0.181. The van der Waals surface area contributed by atoms with E-state index in [2.05, 4.69) is 22.1 Å². The Bertz CT molecular complexity index is 776. The lowest BCUT2D eigenvalue weighted by molar-refractivity contribution is -0.138. The third kappa shape index (κ3) is 3.81. The molecule has 8 heteroatoms. The zero-order valence-electron chi connectivity index (χ0n) is 15.0. The molecular weight excluding hydrogens is 363 g/mol. The van der Waals surface area contributed by atoms with E-state index in [1.165, 1.54) is 24.5 Å². The van der Waals surface area contributed by atoms with Crippen LogP contribution in [0.3, 0.4) is 0 Å².